The molecule has 0 bridgehead atoms. The molecule has 0 N–H and O–H groups in total. The molecule has 0 atom stereocenters. The lowest BCUT2D eigenvalue weighted by atomic mass is 10.1. The van der Waals surface area contributed by atoms with Crippen molar-refractivity contribution in [1.29, 1.82) is 0 Å². The summed E-state index contributed by atoms with van der Waals surface area (Å²) in [6.45, 7) is 6.35. The Labute approximate surface area is 149 Å². The maximum Gasteiger partial charge on any atom is 0.266 e. The van der Waals surface area contributed by atoms with Crippen LogP contribution in [0, 0.1) is 13.8 Å². The molecule has 132 valence electrons. The normalized spacial score (nSPS) is 18.1. The van der Waals surface area contributed by atoms with Crippen molar-refractivity contribution >= 4 is 23.2 Å². The van der Waals surface area contributed by atoms with Crippen LogP contribution in [0.2, 0.25) is 0 Å². The second-order valence-corrected chi connectivity index (χ2v) is 7.82. The third kappa shape index (κ3) is 3.04. The molecule has 25 heavy (non-hydrogen) atoms. The van der Waals surface area contributed by atoms with Gasteiger partial charge in [-0.3, -0.25) is 9.59 Å². The van der Waals surface area contributed by atoms with E-state index in [1.807, 2.05) is 34.5 Å². The number of aromatic nitrogens is 4. The van der Waals surface area contributed by atoms with E-state index in [0.717, 1.165) is 34.2 Å². The largest absolute Gasteiger partial charge is 0.337 e. The van der Waals surface area contributed by atoms with Crippen molar-refractivity contribution in [2.75, 3.05) is 19.6 Å². The number of rotatable bonds is 4. The molecule has 2 aliphatic heterocycles. The van der Waals surface area contributed by atoms with Gasteiger partial charge in [0.15, 0.2) is 0 Å². The molecule has 2 amide bonds. The Kier molecular flexibility index (Phi) is 4.03. The van der Waals surface area contributed by atoms with Gasteiger partial charge in [0.1, 0.15) is 10.6 Å². The fourth-order valence-corrected chi connectivity index (χ4v) is 4.18. The second-order valence-electron chi connectivity index (χ2n) is 6.62. The number of thiazole rings is 1. The summed E-state index contributed by atoms with van der Waals surface area (Å²) in [5.41, 5.74) is 1.60. The van der Waals surface area contributed by atoms with Gasteiger partial charge in [-0.05, 0) is 20.3 Å². The summed E-state index contributed by atoms with van der Waals surface area (Å²) in [7, 11) is 0. The molecule has 0 aromatic carbocycles. The molecule has 9 heteroatoms. The number of nitrogens with zero attached hydrogens (tertiary/aromatic N) is 6. The summed E-state index contributed by atoms with van der Waals surface area (Å²) in [4.78, 5) is 32.9. The number of hydrogen-bond donors (Lipinski definition) is 0. The Bertz CT molecular complexity index is 822. The molecule has 0 spiro atoms. The lowest BCUT2D eigenvalue weighted by Crippen LogP contribution is -2.50. The minimum absolute atomic E-state index is 0.0438. The van der Waals surface area contributed by atoms with E-state index in [9.17, 15) is 9.59 Å². The van der Waals surface area contributed by atoms with Crippen molar-refractivity contribution in [3.8, 4) is 0 Å². The average Bonchev–Trinajstić information content (AvgIpc) is 3.21. The fourth-order valence-electron chi connectivity index (χ4n) is 3.29. The molecule has 2 aromatic heterocycles. The van der Waals surface area contributed by atoms with Crippen molar-refractivity contribution in [3.05, 3.63) is 27.5 Å². The summed E-state index contributed by atoms with van der Waals surface area (Å²) < 4.78 is 1.81. The Balaban J connectivity index is 1.35. The molecule has 2 aliphatic rings. The lowest BCUT2D eigenvalue weighted by molar-refractivity contribution is -0.128. The third-order valence-corrected chi connectivity index (χ3v) is 5.76. The van der Waals surface area contributed by atoms with Gasteiger partial charge in [0.05, 0.1) is 29.5 Å². The zero-order valence-corrected chi connectivity index (χ0v) is 15.1. The van der Waals surface area contributed by atoms with Gasteiger partial charge in [-0.25, -0.2) is 9.67 Å². The number of amides is 2. The highest BCUT2D eigenvalue weighted by molar-refractivity contribution is 7.13. The molecule has 0 aliphatic carbocycles. The molecule has 2 saturated heterocycles. The monoisotopic (exact) mass is 360 g/mol. The molecule has 2 fully saturated rings. The minimum Gasteiger partial charge on any atom is -0.337 e. The zero-order valence-electron chi connectivity index (χ0n) is 14.3. The highest BCUT2D eigenvalue weighted by Crippen LogP contribution is 2.26. The van der Waals surface area contributed by atoms with Crippen LogP contribution in [-0.2, 0) is 11.3 Å². The molecular formula is C16H20N6O2S. The van der Waals surface area contributed by atoms with Crippen molar-refractivity contribution < 1.29 is 9.59 Å². The van der Waals surface area contributed by atoms with Crippen molar-refractivity contribution in [2.24, 2.45) is 0 Å². The molecule has 0 unspecified atom stereocenters. The zero-order chi connectivity index (χ0) is 17.6. The quantitative estimate of drug-likeness (QED) is 0.817. The second kappa shape index (κ2) is 6.21. The molecule has 2 aromatic rings. The molecule has 4 rings (SSSR count). The van der Waals surface area contributed by atoms with Gasteiger partial charge in [-0.1, -0.05) is 5.21 Å². The lowest BCUT2D eigenvalue weighted by Gasteiger charge is -2.38. The van der Waals surface area contributed by atoms with Crippen LogP contribution in [0.15, 0.2) is 6.20 Å². The summed E-state index contributed by atoms with van der Waals surface area (Å²) in [5, 5.41) is 9.26. The van der Waals surface area contributed by atoms with Gasteiger partial charge < -0.3 is 9.80 Å². The van der Waals surface area contributed by atoms with Gasteiger partial charge in [0, 0.05) is 26.1 Å². The molecule has 0 radical (unpaired) electrons. The van der Waals surface area contributed by atoms with Crippen LogP contribution < -0.4 is 0 Å². The van der Waals surface area contributed by atoms with Crippen LogP contribution in [0.25, 0.3) is 0 Å². The number of carbonyl (C=O) groups is 2. The Hall–Kier alpha value is -2.29. The average molecular weight is 360 g/mol. The summed E-state index contributed by atoms with van der Waals surface area (Å²) in [5.74, 6) is 0.229. The van der Waals surface area contributed by atoms with Crippen LogP contribution >= 0.6 is 11.3 Å². The number of hydrogen-bond acceptors (Lipinski definition) is 6. The van der Waals surface area contributed by atoms with E-state index in [0.29, 0.717) is 26.1 Å². The first kappa shape index (κ1) is 16.2. The first-order valence-electron chi connectivity index (χ1n) is 8.43. The van der Waals surface area contributed by atoms with Gasteiger partial charge in [0.2, 0.25) is 5.91 Å². The summed E-state index contributed by atoms with van der Waals surface area (Å²) in [6.07, 6.45) is 3.44. The van der Waals surface area contributed by atoms with E-state index < -0.39 is 0 Å². The summed E-state index contributed by atoms with van der Waals surface area (Å²) in [6, 6.07) is 0.147. The fraction of sp³-hybridized carbons (Fsp3) is 0.562. The molecule has 0 saturated carbocycles. The van der Waals surface area contributed by atoms with Crippen LogP contribution in [0.3, 0.4) is 0 Å². The van der Waals surface area contributed by atoms with Crippen molar-refractivity contribution in [3.63, 3.8) is 0 Å². The number of aryl methyl sites for hydroxylation is 2. The van der Waals surface area contributed by atoms with Gasteiger partial charge in [0.25, 0.3) is 5.91 Å². The van der Waals surface area contributed by atoms with E-state index in [-0.39, 0.29) is 17.9 Å². The van der Waals surface area contributed by atoms with E-state index in [1.54, 1.807) is 0 Å². The Morgan fingerprint density at radius 2 is 2.16 bits per heavy atom. The van der Waals surface area contributed by atoms with E-state index in [4.69, 9.17) is 0 Å². The maximum absolute atomic E-state index is 12.5. The standard InChI is InChI=1S/C16H20N6O2S/c1-10-15(25-11(2)17-10)16(24)21-8-13(9-21)22-7-12(18-19-22)6-20-5-3-4-14(20)23/h7,13H,3-6,8-9H2,1-2H3. The third-order valence-electron chi connectivity index (χ3n) is 4.70. The predicted molar refractivity (Wildman–Crippen MR) is 91.2 cm³/mol. The minimum atomic E-state index is 0.0438. The maximum atomic E-state index is 12.5. The molecule has 4 heterocycles. The number of carbonyl (C=O) groups excluding carboxylic acids is 2. The first-order valence-corrected chi connectivity index (χ1v) is 9.24. The van der Waals surface area contributed by atoms with Gasteiger partial charge >= 0.3 is 0 Å². The Morgan fingerprint density at radius 1 is 1.36 bits per heavy atom. The van der Waals surface area contributed by atoms with Crippen LogP contribution in [0.1, 0.15) is 45.0 Å². The van der Waals surface area contributed by atoms with Crippen LogP contribution in [-0.4, -0.2) is 61.2 Å². The Morgan fingerprint density at radius 3 is 2.80 bits per heavy atom. The van der Waals surface area contributed by atoms with Crippen molar-refractivity contribution in [1.82, 2.24) is 29.8 Å². The summed E-state index contributed by atoms with van der Waals surface area (Å²) >= 11 is 1.44. The highest BCUT2D eigenvalue weighted by Gasteiger charge is 2.35. The van der Waals surface area contributed by atoms with E-state index in [1.165, 1.54) is 11.3 Å². The highest BCUT2D eigenvalue weighted by atomic mass is 32.1. The van der Waals surface area contributed by atoms with Crippen LogP contribution in [0.5, 0.6) is 0 Å². The van der Waals surface area contributed by atoms with Gasteiger partial charge in [-0.15, -0.1) is 16.4 Å². The van der Waals surface area contributed by atoms with E-state index in [2.05, 4.69) is 15.3 Å². The molecular weight excluding hydrogens is 340 g/mol. The van der Waals surface area contributed by atoms with Gasteiger partial charge in [-0.2, -0.15) is 0 Å². The van der Waals surface area contributed by atoms with Crippen molar-refractivity contribution in [2.45, 2.75) is 39.3 Å². The van der Waals surface area contributed by atoms with Crippen LogP contribution in [0.4, 0.5) is 0 Å². The first-order chi connectivity index (χ1) is 12.0. The van der Waals surface area contributed by atoms with E-state index >= 15 is 0 Å². The predicted octanol–water partition coefficient (Wildman–Crippen LogP) is 1.17. The molecule has 8 nitrogen and oxygen atoms in total. The topological polar surface area (TPSA) is 84.2 Å². The smallest absolute Gasteiger partial charge is 0.266 e. The SMILES string of the molecule is Cc1nc(C)c(C(=O)N2CC(n3cc(CN4CCCC4=O)nn3)C2)s1. The number of likely N-dealkylation sites (tertiary alicyclic amines) is 2.